The Morgan fingerprint density at radius 1 is 0.882 bits per heavy atom. The summed E-state index contributed by atoms with van der Waals surface area (Å²) < 4.78 is 40.4. The van der Waals surface area contributed by atoms with E-state index in [0.717, 1.165) is 62.7 Å². The van der Waals surface area contributed by atoms with Crippen LogP contribution in [0.3, 0.4) is 0 Å². The van der Waals surface area contributed by atoms with Crippen LogP contribution in [0.5, 0.6) is 5.75 Å². The van der Waals surface area contributed by atoms with E-state index in [1.54, 1.807) is 18.9 Å². The fourth-order valence-electron chi connectivity index (χ4n) is 8.12. The second-order valence-electron chi connectivity index (χ2n) is 15.6. The molecule has 2 aliphatic heterocycles. The maximum absolute atomic E-state index is 7.58. The molecular weight excluding hydrogens is 673 g/mol. The largest absolute Gasteiger partial charge is 0.497 e. The van der Waals surface area contributed by atoms with E-state index >= 15 is 0 Å². The summed E-state index contributed by atoms with van der Waals surface area (Å²) in [5, 5.41) is 2.41. The zero-order valence-electron chi connectivity index (χ0n) is 32.2. The summed E-state index contributed by atoms with van der Waals surface area (Å²) in [5.41, 5.74) is 0.692. The lowest BCUT2D eigenvalue weighted by molar-refractivity contribution is -0.359. The van der Waals surface area contributed by atoms with Gasteiger partial charge in [0.2, 0.25) is 0 Å². The molecule has 2 aliphatic rings. The number of ether oxygens (including phenoxy) is 5. The van der Waals surface area contributed by atoms with Crippen molar-refractivity contribution in [2.75, 3.05) is 32.5 Å². The van der Waals surface area contributed by atoms with E-state index in [2.05, 4.69) is 114 Å². The number of rotatable bonds is 17. The number of unbranched alkanes of at least 4 members (excludes halogenated alkanes) is 1. The summed E-state index contributed by atoms with van der Waals surface area (Å²) in [7, 11) is -1.12. The summed E-state index contributed by atoms with van der Waals surface area (Å²) >= 11 is 1.73. The molecule has 0 radical (unpaired) electrons. The molecule has 8 heteroatoms. The highest BCUT2D eigenvalue weighted by Crippen LogP contribution is 2.48. The summed E-state index contributed by atoms with van der Waals surface area (Å²) in [6, 6.07) is 29.9. The maximum Gasteiger partial charge on any atom is 0.261 e. The molecule has 51 heavy (non-hydrogen) atoms. The molecule has 0 aromatic heterocycles. The number of hydrogen-bond donors (Lipinski definition) is 0. The zero-order chi connectivity index (χ0) is 36.4. The average Bonchev–Trinajstić information content (AvgIpc) is 3.15. The van der Waals surface area contributed by atoms with Crippen molar-refractivity contribution < 1.29 is 28.1 Å². The van der Waals surface area contributed by atoms with E-state index in [4.69, 9.17) is 28.1 Å². The number of methoxy groups -OCH3 is 1. The summed E-state index contributed by atoms with van der Waals surface area (Å²) in [6.45, 7) is 13.2. The standard InChI is InChI=1S/C43H62O6SSi/c1-8-9-26-42(46-33-50-7)28-29-43(27-24-34(2)39(48-43)25-30-45-31-35-20-22-36(44-6)23-21-35)49-40(42)32-47-51(41(3,4)5,37-16-12-10-13-17-37)38-18-14-11-15-19-38/h10-23,34,39-40H,8-9,24-33H2,1-7H3/t34-,39+,40-,42+,43+/m0/s1. The van der Waals surface area contributed by atoms with Crippen LogP contribution >= 0.6 is 11.8 Å². The molecule has 0 unspecified atom stereocenters. The highest BCUT2D eigenvalue weighted by molar-refractivity contribution is 7.98. The van der Waals surface area contributed by atoms with Crippen LogP contribution in [-0.4, -0.2) is 64.4 Å². The lowest BCUT2D eigenvalue weighted by Gasteiger charge is -2.55. The molecule has 2 heterocycles. The third kappa shape index (κ3) is 9.50. The van der Waals surface area contributed by atoms with Crippen molar-refractivity contribution in [1.29, 1.82) is 0 Å². The minimum atomic E-state index is -2.80. The van der Waals surface area contributed by atoms with Gasteiger partial charge in [0.05, 0.1) is 38.0 Å². The van der Waals surface area contributed by atoms with E-state index < -0.39 is 19.7 Å². The molecule has 1 spiro atoms. The molecule has 0 bridgehead atoms. The summed E-state index contributed by atoms with van der Waals surface area (Å²) in [4.78, 5) is 0. The summed E-state index contributed by atoms with van der Waals surface area (Å²) in [6.07, 6.45) is 9.47. The Kier molecular flexibility index (Phi) is 14.3. The molecule has 0 saturated carbocycles. The van der Waals surface area contributed by atoms with Crippen molar-refractivity contribution in [2.24, 2.45) is 5.92 Å². The van der Waals surface area contributed by atoms with Crippen LogP contribution < -0.4 is 15.1 Å². The first-order valence-corrected chi connectivity index (χ1v) is 22.3. The minimum Gasteiger partial charge on any atom is -0.497 e. The number of benzene rings is 3. The van der Waals surface area contributed by atoms with Gasteiger partial charge >= 0.3 is 0 Å². The molecule has 280 valence electrons. The molecule has 6 nitrogen and oxygen atoms in total. The highest BCUT2D eigenvalue weighted by Gasteiger charge is 2.56. The van der Waals surface area contributed by atoms with Crippen LogP contribution in [0.2, 0.25) is 5.04 Å². The topological polar surface area (TPSA) is 55.4 Å². The Bertz CT molecular complexity index is 1400. The second kappa shape index (κ2) is 18.2. The smallest absolute Gasteiger partial charge is 0.261 e. The van der Waals surface area contributed by atoms with Gasteiger partial charge in [0, 0.05) is 19.4 Å². The van der Waals surface area contributed by atoms with Gasteiger partial charge < -0.3 is 28.1 Å². The first kappa shape index (κ1) is 40.0. The minimum absolute atomic E-state index is 0.0584. The molecule has 0 N–H and O–H groups in total. The van der Waals surface area contributed by atoms with Crippen LogP contribution in [0.1, 0.15) is 91.5 Å². The molecule has 0 amide bonds. The lowest BCUT2D eigenvalue weighted by Crippen LogP contribution is -2.68. The molecular formula is C43H62O6SSi. The Hall–Kier alpha value is -2.17. The molecule has 5 rings (SSSR count). The SMILES string of the molecule is CCCC[C@@]1(OCSC)CC[C@@]2(CC[C@H](C)[C@@H](CCOCc3ccc(OC)cc3)O2)O[C@H]1CO[Si](c1ccccc1)(c1ccccc1)C(C)(C)C. The summed E-state index contributed by atoms with van der Waals surface area (Å²) in [5.74, 6) is 1.25. The van der Waals surface area contributed by atoms with Crippen molar-refractivity contribution in [2.45, 2.75) is 121 Å². The van der Waals surface area contributed by atoms with Gasteiger partial charge in [-0.2, -0.15) is 0 Å². The Labute approximate surface area is 313 Å². The van der Waals surface area contributed by atoms with Gasteiger partial charge in [-0.05, 0) is 71.0 Å². The number of thioether (sulfide) groups is 1. The van der Waals surface area contributed by atoms with Crippen molar-refractivity contribution in [1.82, 2.24) is 0 Å². The number of hydrogen-bond acceptors (Lipinski definition) is 7. The van der Waals surface area contributed by atoms with Gasteiger partial charge in [-0.25, -0.2) is 0 Å². The lowest BCUT2D eigenvalue weighted by atomic mass is 9.78. The van der Waals surface area contributed by atoms with Crippen LogP contribution in [0, 0.1) is 5.92 Å². The van der Waals surface area contributed by atoms with E-state index in [9.17, 15) is 0 Å². The van der Waals surface area contributed by atoms with E-state index in [0.29, 0.717) is 31.7 Å². The fourth-order valence-corrected chi connectivity index (χ4v) is 13.0. The van der Waals surface area contributed by atoms with Crippen LogP contribution in [0.4, 0.5) is 0 Å². The van der Waals surface area contributed by atoms with Gasteiger partial charge in [0.25, 0.3) is 8.32 Å². The van der Waals surface area contributed by atoms with Gasteiger partial charge in [-0.1, -0.05) is 120 Å². The quantitative estimate of drug-likeness (QED) is 0.0779. The molecule has 2 fully saturated rings. The highest BCUT2D eigenvalue weighted by atomic mass is 32.2. The second-order valence-corrected chi connectivity index (χ2v) is 20.7. The maximum atomic E-state index is 7.58. The van der Waals surface area contributed by atoms with Crippen molar-refractivity contribution >= 4 is 30.5 Å². The molecule has 0 aliphatic carbocycles. The first-order chi connectivity index (χ1) is 24.6. The normalized spacial score (nSPS) is 25.6. The van der Waals surface area contributed by atoms with E-state index in [1.165, 1.54) is 10.4 Å². The zero-order valence-corrected chi connectivity index (χ0v) is 34.0. The van der Waals surface area contributed by atoms with Gasteiger partial charge in [-0.3, -0.25) is 0 Å². The monoisotopic (exact) mass is 734 g/mol. The van der Waals surface area contributed by atoms with Crippen LogP contribution in [-0.2, 0) is 30.0 Å². The Balaban J connectivity index is 1.40. The van der Waals surface area contributed by atoms with Crippen molar-refractivity contribution in [3.63, 3.8) is 0 Å². The predicted octanol–water partition coefficient (Wildman–Crippen LogP) is 9.14. The third-order valence-electron chi connectivity index (χ3n) is 11.1. The first-order valence-electron chi connectivity index (χ1n) is 19.0. The van der Waals surface area contributed by atoms with E-state index in [-0.39, 0.29) is 17.2 Å². The molecule has 3 aromatic rings. The molecule has 3 aromatic carbocycles. The van der Waals surface area contributed by atoms with Gasteiger partial charge in [0.1, 0.15) is 11.9 Å². The average molecular weight is 735 g/mol. The Morgan fingerprint density at radius 3 is 2.14 bits per heavy atom. The predicted molar refractivity (Wildman–Crippen MR) is 213 cm³/mol. The Morgan fingerprint density at radius 2 is 1.55 bits per heavy atom. The third-order valence-corrected chi connectivity index (χ3v) is 16.5. The van der Waals surface area contributed by atoms with Crippen LogP contribution in [0.25, 0.3) is 0 Å². The van der Waals surface area contributed by atoms with Gasteiger partial charge in [0.15, 0.2) is 5.79 Å². The van der Waals surface area contributed by atoms with E-state index in [1.807, 2.05) is 12.1 Å². The van der Waals surface area contributed by atoms with Crippen molar-refractivity contribution in [3.05, 3.63) is 90.5 Å². The molecule has 5 atom stereocenters. The van der Waals surface area contributed by atoms with Crippen LogP contribution in [0.15, 0.2) is 84.9 Å². The van der Waals surface area contributed by atoms with Crippen molar-refractivity contribution in [3.8, 4) is 5.75 Å². The molecule has 2 saturated heterocycles. The fraction of sp³-hybridized carbons (Fsp3) is 0.581. The van der Waals surface area contributed by atoms with Gasteiger partial charge in [-0.15, -0.1) is 11.8 Å².